The molecule has 1 heterocycles. The summed E-state index contributed by atoms with van der Waals surface area (Å²) < 4.78 is 54.6. The molecule has 0 bridgehead atoms. The average Bonchev–Trinajstić information content (AvgIpc) is 3.09. The Morgan fingerprint density at radius 2 is 1.47 bits per heavy atom. The van der Waals surface area contributed by atoms with Crippen molar-refractivity contribution in [2.45, 2.75) is 37.8 Å². The largest absolute Gasteiger partial charge is 0.486 e. The highest BCUT2D eigenvalue weighted by Crippen LogP contribution is 2.36. The summed E-state index contributed by atoms with van der Waals surface area (Å²) in [6, 6.07) is 26.4. The summed E-state index contributed by atoms with van der Waals surface area (Å²) in [6.45, 7) is 4.28. The van der Waals surface area contributed by atoms with Crippen LogP contribution in [0.15, 0.2) is 108 Å². The Kier molecular flexibility index (Phi) is 10.8. The third kappa shape index (κ3) is 8.48. The monoisotopic (exact) mass is 659 g/mol. The molecule has 0 fully saturated rings. The fourth-order valence-corrected chi connectivity index (χ4v) is 6.63. The second-order valence-electron chi connectivity index (χ2n) is 11.6. The number of hydrogen-bond acceptors (Lipinski definition) is 6. The molecule has 0 radical (unpaired) electrons. The van der Waals surface area contributed by atoms with Gasteiger partial charge in [-0.1, -0.05) is 74.5 Å². The Hall–Kier alpha value is -4.90. The van der Waals surface area contributed by atoms with Gasteiger partial charge in [0.1, 0.15) is 31.6 Å². The van der Waals surface area contributed by atoms with Gasteiger partial charge in [-0.2, -0.15) is 0 Å². The van der Waals surface area contributed by atoms with Crippen LogP contribution in [0, 0.1) is 11.7 Å². The number of carbonyl (C=O) groups is 2. The predicted octanol–water partition coefficient (Wildman–Crippen LogP) is 5.20. The van der Waals surface area contributed by atoms with Crippen molar-refractivity contribution in [1.82, 2.24) is 10.2 Å². The van der Waals surface area contributed by atoms with Gasteiger partial charge in [-0.25, -0.2) is 12.8 Å². The van der Waals surface area contributed by atoms with Gasteiger partial charge >= 0.3 is 0 Å². The van der Waals surface area contributed by atoms with Gasteiger partial charge in [0.2, 0.25) is 11.8 Å². The Morgan fingerprint density at radius 1 is 0.830 bits per heavy atom. The molecule has 9 nitrogen and oxygen atoms in total. The third-order valence-corrected chi connectivity index (χ3v) is 9.43. The van der Waals surface area contributed by atoms with E-state index in [0.717, 1.165) is 9.87 Å². The van der Waals surface area contributed by atoms with E-state index in [-0.39, 0.29) is 35.4 Å². The molecule has 0 aliphatic carbocycles. The van der Waals surface area contributed by atoms with Gasteiger partial charge in [0.15, 0.2) is 11.5 Å². The van der Waals surface area contributed by atoms with E-state index in [0.29, 0.717) is 36.8 Å². The standard InChI is InChI=1S/C36H38FN3O6S/c1-26(2)23-38-36(42)32(21-27-9-5-3-6-10-27)39(24-28-13-15-29(37)16-14-28)35(41)25-40(47(43,44)31-11-7-4-8-12-31)30-17-18-33-34(22-30)46-20-19-45-33/h3-18,22,26,32H,19-21,23-25H2,1-2H3,(H,38,42)/t32-/m1/s1. The maximum absolute atomic E-state index is 14.5. The molecule has 5 rings (SSSR count). The summed E-state index contributed by atoms with van der Waals surface area (Å²) >= 11 is 0. The van der Waals surface area contributed by atoms with Gasteiger partial charge in [-0.15, -0.1) is 0 Å². The summed E-state index contributed by atoms with van der Waals surface area (Å²) in [5.41, 5.74) is 1.58. The molecule has 4 aromatic carbocycles. The molecule has 0 unspecified atom stereocenters. The lowest BCUT2D eigenvalue weighted by Gasteiger charge is -2.34. The number of benzene rings is 4. The zero-order chi connectivity index (χ0) is 33.4. The van der Waals surface area contributed by atoms with Crippen molar-refractivity contribution in [3.8, 4) is 11.5 Å². The van der Waals surface area contributed by atoms with Crippen molar-refractivity contribution in [3.63, 3.8) is 0 Å². The Morgan fingerprint density at radius 3 is 2.13 bits per heavy atom. The van der Waals surface area contributed by atoms with Crippen molar-refractivity contribution in [2.24, 2.45) is 5.92 Å². The number of sulfonamides is 1. The number of ether oxygens (including phenoxy) is 2. The first-order chi connectivity index (χ1) is 22.6. The molecule has 1 N–H and O–H groups in total. The van der Waals surface area contributed by atoms with E-state index >= 15 is 0 Å². The summed E-state index contributed by atoms with van der Waals surface area (Å²) in [5, 5.41) is 2.95. The summed E-state index contributed by atoms with van der Waals surface area (Å²) in [7, 11) is -4.27. The molecule has 2 amide bonds. The first-order valence-electron chi connectivity index (χ1n) is 15.4. The van der Waals surface area contributed by atoms with Crippen LogP contribution in [0.25, 0.3) is 0 Å². The SMILES string of the molecule is CC(C)CNC(=O)[C@@H](Cc1ccccc1)N(Cc1ccc(F)cc1)C(=O)CN(c1ccc2c(c1)OCCO2)S(=O)(=O)c1ccccc1. The first kappa shape index (κ1) is 33.5. The Balaban J connectivity index is 1.57. The van der Waals surface area contributed by atoms with Crippen LogP contribution in [-0.2, 0) is 32.6 Å². The summed E-state index contributed by atoms with van der Waals surface area (Å²) in [4.78, 5) is 29.8. The van der Waals surface area contributed by atoms with Crippen molar-refractivity contribution in [2.75, 3.05) is 30.6 Å². The van der Waals surface area contributed by atoms with Gasteiger partial charge in [-0.3, -0.25) is 13.9 Å². The van der Waals surface area contributed by atoms with Crippen LogP contribution in [0.2, 0.25) is 0 Å². The van der Waals surface area contributed by atoms with Gasteiger partial charge in [-0.05, 0) is 53.4 Å². The van der Waals surface area contributed by atoms with E-state index < -0.39 is 34.3 Å². The van der Waals surface area contributed by atoms with E-state index in [2.05, 4.69) is 5.32 Å². The molecule has 246 valence electrons. The number of nitrogens with zero attached hydrogens (tertiary/aromatic N) is 2. The Bertz CT molecular complexity index is 1770. The minimum atomic E-state index is -4.27. The Labute approximate surface area is 275 Å². The van der Waals surface area contributed by atoms with Crippen LogP contribution >= 0.6 is 0 Å². The molecule has 1 aliphatic rings. The van der Waals surface area contributed by atoms with Crippen LogP contribution in [0.4, 0.5) is 10.1 Å². The molecule has 1 atom stereocenters. The number of rotatable bonds is 13. The minimum absolute atomic E-state index is 0.0108. The van der Waals surface area contributed by atoms with E-state index in [1.807, 2.05) is 44.2 Å². The maximum atomic E-state index is 14.5. The topological polar surface area (TPSA) is 105 Å². The van der Waals surface area contributed by atoms with E-state index in [9.17, 15) is 22.4 Å². The van der Waals surface area contributed by atoms with Crippen molar-refractivity contribution in [3.05, 3.63) is 120 Å². The predicted molar refractivity (Wildman–Crippen MR) is 177 cm³/mol. The number of amides is 2. The van der Waals surface area contributed by atoms with Crippen LogP contribution in [0.5, 0.6) is 11.5 Å². The molecule has 0 spiro atoms. The van der Waals surface area contributed by atoms with Gasteiger partial charge < -0.3 is 19.7 Å². The molecular weight excluding hydrogens is 621 g/mol. The fourth-order valence-electron chi connectivity index (χ4n) is 5.20. The van der Waals surface area contributed by atoms with Crippen molar-refractivity contribution < 1.29 is 31.9 Å². The molecule has 0 saturated heterocycles. The number of fused-ring (bicyclic) bond motifs is 1. The minimum Gasteiger partial charge on any atom is -0.486 e. The van der Waals surface area contributed by atoms with Crippen molar-refractivity contribution >= 4 is 27.5 Å². The second-order valence-corrected chi connectivity index (χ2v) is 13.5. The van der Waals surface area contributed by atoms with Crippen LogP contribution in [0.1, 0.15) is 25.0 Å². The molecule has 4 aromatic rings. The summed E-state index contributed by atoms with van der Waals surface area (Å²) in [5.74, 6) is -0.474. The quantitative estimate of drug-likeness (QED) is 0.212. The third-order valence-electron chi connectivity index (χ3n) is 7.65. The van der Waals surface area contributed by atoms with Gasteiger partial charge in [0.25, 0.3) is 10.0 Å². The van der Waals surface area contributed by atoms with Gasteiger partial charge in [0, 0.05) is 25.6 Å². The van der Waals surface area contributed by atoms with Crippen LogP contribution in [0.3, 0.4) is 0 Å². The lowest BCUT2D eigenvalue weighted by molar-refractivity contribution is -0.140. The highest BCUT2D eigenvalue weighted by atomic mass is 32.2. The van der Waals surface area contributed by atoms with Crippen LogP contribution < -0.4 is 19.1 Å². The zero-order valence-corrected chi connectivity index (χ0v) is 27.2. The van der Waals surface area contributed by atoms with E-state index in [1.54, 1.807) is 42.5 Å². The number of halogens is 1. The summed E-state index contributed by atoms with van der Waals surface area (Å²) in [6.07, 6.45) is 0.174. The lowest BCUT2D eigenvalue weighted by Crippen LogP contribution is -2.53. The smallest absolute Gasteiger partial charge is 0.264 e. The van der Waals surface area contributed by atoms with Gasteiger partial charge in [0.05, 0.1) is 10.6 Å². The molecule has 0 saturated carbocycles. The highest BCUT2D eigenvalue weighted by Gasteiger charge is 2.35. The fraction of sp³-hybridized carbons (Fsp3) is 0.278. The molecule has 0 aromatic heterocycles. The molecule has 11 heteroatoms. The highest BCUT2D eigenvalue weighted by molar-refractivity contribution is 7.92. The van der Waals surface area contributed by atoms with E-state index in [1.165, 1.54) is 35.2 Å². The molecule has 47 heavy (non-hydrogen) atoms. The average molecular weight is 660 g/mol. The first-order valence-corrected chi connectivity index (χ1v) is 16.9. The zero-order valence-electron chi connectivity index (χ0n) is 26.3. The maximum Gasteiger partial charge on any atom is 0.264 e. The normalized spacial score (nSPS) is 13.1. The van der Waals surface area contributed by atoms with Crippen LogP contribution in [-0.4, -0.2) is 57.5 Å². The molecular formula is C36H38FN3O6S. The van der Waals surface area contributed by atoms with E-state index in [4.69, 9.17) is 9.47 Å². The number of nitrogens with one attached hydrogen (secondary N) is 1. The second kappa shape index (κ2) is 15.1. The number of hydrogen-bond donors (Lipinski definition) is 1. The number of carbonyl (C=O) groups excluding carboxylic acids is 2. The lowest BCUT2D eigenvalue weighted by atomic mass is 10.0. The molecule has 1 aliphatic heterocycles. The number of anilines is 1. The van der Waals surface area contributed by atoms with Crippen molar-refractivity contribution in [1.29, 1.82) is 0 Å².